The number of carboxylic acids is 1. The van der Waals surface area contributed by atoms with Crippen LogP contribution in [0.2, 0.25) is 0 Å². The predicted octanol–water partition coefficient (Wildman–Crippen LogP) is 4.72. The molecule has 0 radical (unpaired) electrons. The largest absolute Gasteiger partial charge is 0.478 e. The molecule has 0 spiro atoms. The zero-order valence-corrected chi connectivity index (χ0v) is 13.3. The quantitative estimate of drug-likeness (QED) is 0.797. The summed E-state index contributed by atoms with van der Waals surface area (Å²) in [6.07, 6.45) is -6.60. The van der Waals surface area contributed by atoms with Crippen LogP contribution in [0.1, 0.15) is 11.1 Å². The molecule has 8 heteroatoms. The summed E-state index contributed by atoms with van der Waals surface area (Å²) in [5.41, 5.74) is -0.0230. The van der Waals surface area contributed by atoms with Gasteiger partial charge in [-0.15, -0.1) is 0 Å². The fraction of sp³-hybridized carbons (Fsp3) is 0.167. The third-order valence-corrected chi connectivity index (χ3v) is 3.68. The summed E-state index contributed by atoms with van der Waals surface area (Å²) in [6, 6.07) is 8.08. The van der Waals surface area contributed by atoms with Gasteiger partial charge in [-0.3, -0.25) is 0 Å². The van der Waals surface area contributed by atoms with Gasteiger partial charge in [0.05, 0.1) is 5.57 Å². The van der Waals surface area contributed by atoms with Crippen molar-refractivity contribution >= 4 is 12.0 Å². The number of aryl methyl sites for hydroxylation is 1. The molecule has 2 aromatic carbocycles. The molecule has 0 saturated carbocycles. The number of alkyl halides is 3. The van der Waals surface area contributed by atoms with Crippen LogP contribution in [0.3, 0.4) is 0 Å². The average Bonchev–Trinajstić information content (AvgIpc) is 2.56. The second-order valence-corrected chi connectivity index (χ2v) is 5.68. The molecule has 0 aromatic heterocycles. The number of rotatable bonds is 3. The fourth-order valence-electron chi connectivity index (χ4n) is 2.47. The van der Waals surface area contributed by atoms with Crippen LogP contribution >= 0.6 is 0 Å². The third-order valence-electron chi connectivity index (χ3n) is 3.68. The minimum atomic E-state index is -4.90. The molecule has 26 heavy (non-hydrogen) atoms. The van der Waals surface area contributed by atoms with E-state index in [1.807, 2.05) is 0 Å². The van der Waals surface area contributed by atoms with E-state index < -0.39 is 29.6 Å². The van der Waals surface area contributed by atoms with Crippen LogP contribution in [0.4, 0.5) is 17.6 Å². The van der Waals surface area contributed by atoms with E-state index in [1.54, 1.807) is 13.0 Å². The van der Waals surface area contributed by atoms with E-state index in [0.717, 1.165) is 17.7 Å². The Labute approximate surface area is 145 Å². The smallest absolute Gasteiger partial charge is 0.430 e. The van der Waals surface area contributed by atoms with Crippen LogP contribution in [0, 0.1) is 12.7 Å². The van der Waals surface area contributed by atoms with Crippen molar-refractivity contribution in [3.05, 3.63) is 58.9 Å². The molecule has 1 aliphatic rings. The molecule has 1 unspecified atom stereocenters. The molecule has 136 valence electrons. The van der Waals surface area contributed by atoms with Crippen LogP contribution in [0.15, 0.2) is 42.0 Å². The molecule has 1 atom stereocenters. The standard InChI is InChI=1S/C18H12F4O4/c1-9-2-5-13(19)15(6-9)25-11-4-3-10-7-12(17(23)24)16(18(20,21)22)26-14(10)8-11/h2-8,16H,1H3,(H,23,24). The van der Waals surface area contributed by atoms with Crippen molar-refractivity contribution in [3.63, 3.8) is 0 Å². The first-order chi connectivity index (χ1) is 12.1. The predicted molar refractivity (Wildman–Crippen MR) is 83.7 cm³/mol. The van der Waals surface area contributed by atoms with Gasteiger partial charge in [-0.05, 0) is 42.8 Å². The Hall–Kier alpha value is -3.03. The van der Waals surface area contributed by atoms with Crippen LogP contribution in [0.25, 0.3) is 6.08 Å². The van der Waals surface area contributed by atoms with E-state index in [2.05, 4.69) is 0 Å². The summed E-state index contributed by atoms with van der Waals surface area (Å²) < 4.78 is 63.2. The van der Waals surface area contributed by atoms with Crippen molar-refractivity contribution in [2.45, 2.75) is 19.2 Å². The summed E-state index contributed by atoms with van der Waals surface area (Å²) in [4.78, 5) is 11.1. The molecule has 0 aliphatic carbocycles. The fourth-order valence-corrected chi connectivity index (χ4v) is 2.47. The van der Waals surface area contributed by atoms with Crippen molar-refractivity contribution in [1.82, 2.24) is 0 Å². The molecule has 1 N–H and O–H groups in total. The number of hydrogen-bond donors (Lipinski definition) is 1. The summed E-state index contributed by atoms with van der Waals surface area (Å²) in [7, 11) is 0. The van der Waals surface area contributed by atoms with E-state index >= 15 is 0 Å². The molecule has 0 fully saturated rings. The molecule has 0 saturated heterocycles. The highest BCUT2D eigenvalue weighted by molar-refractivity contribution is 5.95. The SMILES string of the molecule is Cc1ccc(F)c(Oc2ccc3c(c2)OC(C(F)(F)F)C(C(=O)O)=C3)c1. The molecule has 2 aromatic rings. The minimum Gasteiger partial charge on any atom is -0.478 e. The molecular weight excluding hydrogens is 356 g/mol. The van der Waals surface area contributed by atoms with Gasteiger partial charge in [-0.2, -0.15) is 13.2 Å². The first kappa shape index (κ1) is 17.8. The van der Waals surface area contributed by atoms with Gasteiger partial charge in [0.1, 0.15) is 11.5 Å². The molecule has 4 nitrogen and oxygen atoms in total. The maximum Gasteiger partial charge on any atom is 0.430 e. The molecule has 1 heterocycles. The average molecular weight is 368 g/mol. The van der Waals surface area contributed by atoms with Gasteiger partial charge in [0, 0.05) is 11.6 Å². The van der Waals surface area contributed by atoms with E-state index in [4.69, 9.17) is 14.6 Å². The number of carboxylic acid groups (broad SMARTS) is 1. The second kappa shape index (κ2) is 6.36. The Morgan fingerprint density at radius 3 is 2.58 bits per heavy atom. The number of fused-ring (bicyclic) bond motifs is 1. The maximum atomic E-state index is 13.8. The first-order valence-corrected chi connectivity index (χ1v) is 7.41. The van der Waals surface area contributed by atoms with Crippen LogP contribution in [0.5, 0.6) is 17.2 Å². The molecular formula is C18H12F4O4. The summed E-state index contributed by atoms with van der Waals surface area (Å²) >= 11 is 0. The zero-order valence-electron chi connectivity index (χ0n) is 13.3. The Morgan fingerprint density at radius 1 is 1.19 bits per heavy atom. The number of aliphatic carboxylic acids is 1. The van der Waals surface area contributed by atoms with Crippen LogP contribution in [-0.4, -0.2) is 23.4 Å². The van der Waals surface area contributed by atoms with Crippen molar-refractivity contribution in [2.75, 3.05) is 0 Å². The lowest BCUT2D eigenvalue weighted by molar-refractivity contribution is -0.187. The third kappa shape index (κ3) is 3.49. The topological polar surface area (TPSA) is 55.8 Å². The monoisotopic (exact) mass is 368 g/mol. The second-order valence-electron chi connectivity index (χ2n) is 5.68. The lowest BCUT2D eigenvalue weighted by Crippen LogP contribution is -2.40. The number of ether oxygens (including phenoxy) is 2. The molecule has 3 rings (SSSR count). The highest BCUT2D eigenvalue weighted by atomic mass is 19.4. The summed E-state index contributed by atoms with van der Waals surface area (Å²) in [5.74, 6) is -2.59. The van der Waals surface area contributed by atoms with E-state index in [9.17, 15) is 22.4 Å². The van der Waals surface area contributed by atoms with Gasteiger partial charge in [0.2, 0.25) is 6.10 Å². The van der Waals surface area contributed by atoms with Crippen molar-refractivity contribution in [2.24, 2.45) is 0 Å². The summed E-state index contributed by atoms with van der Waals surface area (Å²) in [6.45, 7) is 1.73. The number of carbonyl (C=O) groups is 1. The van der Waals surface area contributed by atoms with Gasteiger partial charge < -0.3 is 14.6 Å². The highest BCUT2D eigenvalue weighted by Gasteiger charge is 2.48. The number of hydrogen-bond acceptors (Lipinski definition) is 3. The van der Waals surface area contributed by atoms with Gasteiger partial charge >= 0.3 is 12.1 Å². The Kier molecular flexibility index (Phi) is 4.35. The Bertz CT molecular complexity index is 903. The first-order valence-electron chi connectivity index (χ1n) is 7.41. The lowest BCUT2D eigenvalue weighted by Gasteiger charge is -2.27. The van der Waals surface area contributed by atoms with Gasteiger partial charge in [-0.25, -0.2) is 9.18 Å². The summed E-state index contributed by atoms with van der Waals surface area (Å²) in [5, 5.41) is 8.99. The molecule has 1 aliphatic heterocycles. The Morgan fingerprint density at radius 2 is 1.92 bits per heavy atom. The Balaban J connectivity index is 1.97. The number of halogens is 4. The van der Waals surface area contributed by atoms with Crippen LogP contribution < -0.4 is 9.47 Å². The van der Waals surface area contributed by atoms with Crippen molar-refractivity contribution < 1.29 is 36.9 Å². The normalized spacial score (nSPS) is 16.3. The van der Waals surface area contributed by atoms with Gasteiger partial charge in [0.15, 0.2) is 11.6 Å². The van der Waals surface area contributed by atoms with Crippen LogP contribution in [-0.2, 0) is 4.79 Å². The molecule has 0 amide bonds. The maximum absolute atomic E-state index is 13.8. The van der Waals surface area contributed by atoms with E-state index in [-0.39, 0.29) is 22.8 Å². The zero-order chi connectivity index (χ0) is 19.1. The van der Waals surface area contributed by atoms with Gasteiger partial charge in [0.25, 0.3) is 0 Å². The number of benzene rings is 2. The van der Waals surface area contributed by atoms with Crippen molar-refractivity contribution in [1.29, 1.82) is 0 Å². The van der Waals surface area contributed by atoms with E-state index in [0.29, 0.717) is 0 Å². The van der Waals surface area contributed by atoms with E-state index in [1.165, 1.54) is 24.3 Å². The highest BCUT2D eigenvalue weighted by Crippen LogP contribution is 2.39. The minimum absolute atomic E-state index is 0.0568. The molecule has 0 bridgehead atoms. The van der Waals surface area contributed by atoms with Gasteiger partial charge in [-0.1, -0.05) is 6.07 Å². The lowest BCUT2D eigenvalue weighted by atomic mass is 10.0. The van der Waals surface area contributed by atoms with Crippen molar-refractivity contribution in [3.8, 4) is 17.2 Å².